The number of carbonyl (C=O) groups excluding carboxylic acids is 1. The van der Waals surface area contributed by atoms with Crippen molar-refractivity contribution >= 4 is 11.9 Å². The second-order valence-electron chi connectivity index (χ2n) is 3.38. The summed E-state index contributed by atoms with van der Waals surface area (Å²) in [7, 11) is 3.47. The SMILES string of the molecule is CC1CN=C(NCC(=O)N(C)C)N1. The minimum atomic E-state index is 0.0454. The van der Waals surface area contributed by atoms with Crippen LogP contribution in [-0.2, 0) is 4.79 Å². The molecule has 0 spiro atoms. The highest BCUT2D eigenvalue weighted by Gasteiger charge is 2.12. The second-order valence-corrected chi connectivity index (χ2v) is 3.38. The molecule has 1 rings (SSSR count). The maximum Gasteiger partial charge on any atom is 0.241 e. The molecule has 0 bridgehead atoms. The van der Waals surface area contributed by atoms with Gasteiger partial charge in [-0.2, -0.15) is 0 Å². The van der Waals surface area contributed by atoms with Crippen molar-refractivity contribution in [2.45, 2.75) is 13.0 Å². The van der Waals surface area contributed by atoms with Gasteiger partial charge in [-0.25, -0.2) is 0 Å². The number of hydrogen-bond acceptors (Lipinski definition) is 4. The van der Waals surface area contributed by atoms with Crippen molar-refractivity contribution in [2.75, 3.05) is 27.2 Å². The average Bonchev–Trinajstić information content (AvgIpc) is 2.47. The Morgan fingerprint density at radius 2 is 2.46 bits per heavy atom. The molecule has 0 aliphatic carbocycles. The lowest BCUT2D eigenvalue weighted by Crippen LogP contribution is -2.42. The van der Waals surface area contributed by atoms with Crippen LogP contribution in [0.15, 0.2) is 4.99 Å². The van der Waals surface area contributed by atoms with E-state index in [0.717, 1.165) is 12.5 Å². The third kappa shape index (κ3) is 2.93. The van der Waals surface area contributed by atoms with Gasteiger partial charge in [-0.3, -0.25) is 9.79 Å². The Kier molecular flexibility index (Phi) is 3.11. The van der Waals surface area contributed by atoms with Gasteiger partial charge < -0.3 is 15.5 Å². The number of guanidine groups is 1. The summed E-state index contributed by atoms with van der Waals surface area (Å²) in [4.78, 5) is 16.9. The van der Waals surface area contributed by atoms with Crippen LogP contribution in [0, 0.1) is 0 Å². The molecule has 1 heterocycles. The van der Waals surface area contributed by atoms with Crippen LogP contribution >= 0.6 is 0 Å². The molecule has 0 radical (unpaired) electrons. The van der Waals surface area contributed by atoms with Gasteiger partial charge in [0, 0.05) is 20.1 Å². The van der Waals surface area contributed by atoms with E-state index in [9.17, 15) is 4.79 Å². The van der Waals surface area contributed by atoms with Crippen molar-refractivity contribution < 1.29 is 4.79 Å². The van der Waals surface area contributed by atoms with Gasteiger partial charge in [0.1, 0.15) is 0 Å². The van der Waals surface area contributed by atoms with Crippen molar-refractivity contribution in [3.63, 3.8) is 0 Å². The average molecular weight is 184 g/mol. The fourth-order valence-corrected chi connectivity index (χ4v) is 0.977. The highest BCUT2D eigenvalue weighted by molar-refractivity contribution is 5.87. The van der Waals surface area contributed by atoms with Gasteiger partial charge in [-0.1, -0.05) is 0 Å². The maximum absolute atomic E-state index is 11.2. The van der Waals surface area contributed by atoms with Crippen LogP contribution in [0.4, 0.5) is 0 Å². The molecule has 0 aromatic heterocycles. The zero-order valence-corrected chi connectivity index (χ0v) is 8.29. The Labute approximate surface area is 78.2 Å². The molecule has 0 aromatic carbocycles. The van der Waals surface area contributed by atoms with Gasteiger partial charge in [0.05, 0.1) is 13.1 Å². The van der Waals surface area contributed by atoms with Crippen LogP contribution < -0.4 is 10.6 Å². The van der Waals surface area contributed by atoms with Crippen molar-refractivity contribution in [3.8, 4) is 0 Å². The molecule has 74 valence electrons. The Morgan fingerprint density at radius 1 is 1.77 bits per heavy atom. The van der Waals surface area contributed by atoms with Crippen LogP contribution in [0.25, 0.3) is 0 Å². The first-order valence-corrected chi connectivity index (χ1v) is 4.34. The number of amides is 1. The number of nitrogens with zero attached hydrogens (tertiary/aromatic N) is 2. The summed E-state index contributed by atoms with van der Waals surface area (Å²) in [5.41, 5.74) is 0. The Hall–Kier alpha value is -1.26. The van der Waals surface area contributed by atoms with Crippen LogP contribution in [-0.4, -0.2) is 50.0 Å². The van der Waals surface area contributed by atoms with E-state index in [1.165, 1.54) is 0 Å². The van der Waals surface area contributed by atoms with E-state index in [-0.39, 0.29) is 5.91 Å². The van der Waals surface area contributed by atoms with E-state index in [4.69, 9.17) is 0 Å². The summed E-state index contributed by atoms with van der Waals surface area (Å²) in [6, 6.07) is 0.372. The molecule has 1 atom stereocenters. The highest BCUT2D eigenvalue weighted by Crippen LogP contribution is 1.91. The molecule has 1 aliphatic rings. The number of nitrogens with one attached hydrogen (secondary N) is 2. The summed E-state index contributed by atoms with van der Waals surface area (Å²) >= 11 is 0. The highest BCUT2D eigenvalue weighted by atomic mass is 16.2. The van der Waals surface area contributed by atoms with E-state index in [2.05, 4.69) is 15.6 Å². The first-order chi connectivity index (χ1) is 6.09. The predicted octanol–water partition coefficient (Wildman–Crippen LogP) is -0.988. The molecule has 5 nitrogen and oxygen atoms in total. The van der Waals surface area contributed by atoms with Gasteiger partial charge >= 0.3 is 0 Å². The van der Waals surface area contributed by atoms with E-state index < -0.39 is 0 Å². The van der Waals surface area contributed by atoms with Gasteiger partial charge in [0.2, 0.25) is 5.91 Å². The summed E-state index contributed by atoms with van der Waals surface area (Å²) in [5.74, 6) is 0.770. The van der Waals surface area contributed by atoms with Gasteiger partial charge in [-0.05, 0) is 6.92 Å². The normalized spacial score (nSPS) is 20.5. The molecule has 1 aliphatic heterocycles. The lowest BCUT2D eigenvalue weighted by Gasteiger charge is -2.12. The lowest BCUT2D eigenvalue weighted by molar-refractivity contribution is -0.127. The number of rotatable bonds is 2. The van der Waals surface area contributed by atoms with Crippen LogP contribution in [0.5, 0.6) is 0 Å². The summed E-state index contributed by atoms with van der Waals surface area (Å²) in [5, 5.41) is 6.06. The molecule has 13 heavy (non-hydrogen) atoms. The smallest absolute Gasteiger partial charge is 0.241 e. The zero-order valence-electron chi connectivity index (χ0n) is 8.29. The van der Waals surface area contributed by atoms with Gasteiger partial charge in [-0.15, -0.1) is 0 Å². The van der Waals surface area contributed by atoms with E-state index >= 15 is 0 Å². The molecule has 1 amide bonds. The van der Waals surface area contributed by atoms with E-state index in [1.54, 1.807) is 19.0 Å². The standard InChI is InChI=1S/C8H16N4O/c1-6-4-9-8(11-6)10-5-7(13)12(2)3/h6H,4-5H2,1-3H3,(H2,9,10,11). The first-order valence-electron chi connectivity index (χ1n) is 4.34. The van der Waals surface area contributed by atoms with Crippen LogP contribution in [0.2, 0.25) is 0 Å². The fraction of sp³-hybridized carbons (Fsp3) is 0.750. The number of likely N-dealkylation sites (N-methyl/N-ethyl adjacent to an activating group) is 1. The van der Waals surface area contributed by atoms with Crippen molar-refractivity contribution in [2.24, 2.45) is 4.99 Å². The summed E-state index contributed by atoms with van der Waals surface area (Å²) in [6.45, 7) is 3.12. The largest absolute Gasteiger partial charge is 0.352 e. The minimum absolute atomic E-state index is 0.0454. The summed E-state index contributed by atoms with van der Waals surface area (Å²) < 4.78 is 0. The van der Waals surface area contributed by atoms with Crippen molar-refractivity contribution in [1.82, 2.24) is 15.5 Å². The van der Waals surface area contributed by atoms with Crippen molar-refractivity contribution in [3.05, 3.63) is 0 Å². The number of aliphatic imine (C=N–C) groups is 1. The van der Waals surface area contributed by atoms with Gasteiger partial charge in [0.15, 0.2) is 5.96 Å². The molecule has 0 saturated heterocycles. The van der Waals surface area contributed by atoms with Crippen LogP contribution in [0.1, 0.15) is 6.92 Å². The van der Waals surface area contributed by atoms with Crippen LogP contribution in [0.3, 0.4) is 0 Å². The third-order valence-electron chi connectivity index (χ3n) is 1.81. The minimum Gasteiger partial charge on any atom is -0.352 e. The van der Waals surface area contributed by atoms with E-state index in [0.29, 0.717) is 12.6 Å². The molecule has 0 aromatic rings. The lowest BCUT2D eigenvalue weighted by atomic mass is 10.4. The first kappa shape index (κ1) is 9.83. The second kappa shape index (κ2) is 4.11. The molecule has 1 unspecified atom stereocenters. The maximum atomic E-state index is 11.2. The molecule has 5 heteroatoms. The quantitative estimate of drug-likeness (QED) is 0.579. The molecular weight excluding hydrogens is 168 g/mol. The molecule has 0 fully saturated rings. The number of hydrogen-bond donors (Lipinski definition) is 2. The zero-order chi connectivity index (χ0) is 9.84. The molecule has 0 saturated carbocycles. The van der Waals surface area contributed by atoms with Crippen molar-refractivity contribution in [1.29, 1.82) is 0 Å². The topological polar surface area (TPSA) is 56.7 Å². The molecular formula is C8H16N4O. The third-order valence-corrected chi connectivity index (χ3v) is 1.81. The fourth-order valence-electron chi connectivity index (χ4n) is 0.977. The predicted molar refractivity (Wildman–Crippen MR) is 51.6 cm³/mol. The Morgan fingerprint density at radius 3 is 2.92 bits per heavy atom. The number of carbonyl (C=O) groups is 1. The molecule has 2 N–H and O–H groups in total. The van der Waals surface area contributed by atoms with Gasteiger partial charge in [0.25, 0.3) is 0 Å². The Bertz CT molecular complexity index is 224. The Balaban J connectivity index is 2.24. The monoisotopic (exact) mass is 184 g/mol. The van der Waals surface area contributed by atoms with E-state index in [1.807, 2.05) is 6.92 Å². The summed E-state index contributed by atoms with van der Waals surface area (Å²) in [6.07, 6.45) is 0.